The highest BCUT2D eigenvalue weighted by Crippen LogP contribution is 2.23. The van der Waals surface area contributed by atoms with Gasteiger partial charge in [0.25, 0.3) is 0 Å². The maximum atomic E-state index is 13.1. The molecule has 1 aromatic heterocycles. The number of esters is 2. The van der Waals surface area contributed by atoms with Crippen molar-refractivity contribution < 1.29 is 29.0 Å². The second kappa shape index (κ2) is 39.4. The van der Waals surface area contributed by atoms with Crippen molar-refractivity contribution in [2.24, 2.45) is 18.9 Å². The molecule has 0 aliphatic heterocycles. The Balaban J connectivity index is 2.57. The predicted octanol–water partition coefficient (Wildman–Crippen LogP) is 13.6. The summed E-state index contributed by atoms with van der Waals surface area (Å²) in [5, 5.41) is 10.3. The van der Waals surface area contributed by atoms with Gasteiger partial charge in [0.1, 0.15) is 6.04 Å². The van der Waals surface area contributed by atoms with Crippen molar-refractivity contribution in [2.45, 2.75) is 246 Å². The van der Waals surface area contributed by atoms with Gasteiger partial charge in [0.2, 0.25) is 0 Å². The number of aromatic nitrogens is 2. The zero-order chi connectivity index (χ0) is 43.9. The van der Waals surface area contributed by atoms with Crippen LogP contribution in [0.5, 0.6) is 0 Å². The number of hydrogen-bond donors (Lipinski definition) is 1. The topological polar surface area (TPSA) is 111 Å². The van der Waals surface area contributed by atoms with E-state index in [2.05, 4.69) is 37.6 Å². The van der Waals surface area contributed by atoms with E-state index in [1.165, 1.54) is 103 Å². The Bertz CT molecular complexity index is 1100. The zero-order valence-electron chi connectivity index (χ0n) is 39.9. The van der Waals surface area contributed by atoms with Crippen LogP contribution in [0.3, 0.4) is 0 Å². The molecule has 1 rings (SSSR count). The van der Waals surface area contributed by atoms with Crippen LogP contribution in [0.15, 0.2) is 12.5 Å². The molecule has 0 aliphatic rings. The summed E-state index contributed by atoms with van der Waals surface area (Å²) in [5.74, 6) is -0.765. The first-order valence-electron chi connectivity index (χ1n) is 25.5. The van der Waals surface area contributed by atoms with Gasteiger partial charge in [-0.3, -0.25) is 19.3 Å². The van der Waals surface area contributed by atoms with Gasteiger partial charge in [0.15, 0.2) is 0 Å². The third kappa shape index (κ3) is 29.8. The van der Waals surface area contributed by atoms with E-state index in [1.54, 1.807) is 6.33 Å². The first-order chi connectivity index (χ1) is 29.3. The molecule has 3 unspecified atom stereocenters. The zero-order valence-corrected chi connectivity index (χ0v) is 39.9. The van der Waals surface area contributed by atoms with Crippen LogP contribution in [0, 0.1) is 11.8 Å². The summed E-state index contributed by atoms with van der Waals surface area (Å²) in [4.78, 5) is 45.4. The molecule has 350 valence electrons. The number of aliphatic carboxylic acids is 1. The minimum absolute atomic E-state index is 0.00582. The fourth-order valence-electron chi connectivity index (χ4n) is 8.43. The van der Waals surface area contributed by atoms with E-state index < -0.39 is 12.0 Å². The van der Waals surface area contributed by atoms with Gasteiger partial charge in [-0.1, -0.05) is 182 Å². The highest BCUT2D eigenvalue weighted by Gasteiger charge is 2.26. The summed E-state index contributed by atoms with van der Waals surface area (Å²) in [6.45, 7) is 11.3. The summed E-state index contributed by atoms with van der Waals surface area (Å²) in [6, 6.07) is -0.636. The summed E-state index contributed by atoms with van der Waals surface area (Å²) < 4.78 is 13.5. The monoisotopic (exact) mass is 846 g/mol. The number of carbonyl (C=O) groups is 3. The highest BCUT2D eigenvalue weighted by atomic mass is 16.5. The van der Waals surface area contributed by atoms with E-state index in [4.69, 9.17) is 9.47 Å². The number of aryl methyl sites for hydroxylation is 1. The van der Waals surface area contributed by atoms with Crippen LogP contribution in [0.2, 0.25) is 0 Å². The smallest absolute Gasteiger partial charge is 0.321 e. The second-order valence-corrected chi connectivity index (χ2v) is 18.0. The lowest BCUT2D eigenvalue weighted by Gasteiger charge is -2.28. The van der Waals surface area contributed by atoms with E-state index >= 15 is 0 Å². The number of carboxylic acids is 1. The standard InChI is InChI=1S/C51H95N3O6/c1-6-10-14-18-20-28-36-45(34-26-16-12-8-3)50(57)59-40-32-24-22-30-38-54(48(49(55)56)42-47-43-53(5)44-52-47)39-31-23-25-33-41-60-51(58)46(35-27-17-13-9-4)37-29-21-19-15-11-7-2/h43-46,48H,6-42H2,1-5H3,(H,55,56). The van der Waals surface area contributed by atoms with Gasteiger partial charge in [-0.2, -0.15) is 0 Å². The number of ether oxygens (including phenoxy) is 2. The molecule has 60 heavy (non-hydrogen) atoms. The van der Waals surface area contributed by atoms with E-state index in [-0.39, 0.29) is 23.8 Å². The van der Waals surface area contributed by atoms with Gasteiger partial charge in [-0.05, 0) is 64.5 Å². The molecule has 0 amide bonds. The first kappa shape index (κ1) is 55.6. The van der Waals surface area contributed by atoms with Gasteiger partial charge in [-0.25, -0.2) is 4.98 Å². The summed E-state index contributed by atoms with van der Waals surface area (Å²) in [5.41, 5.74) is 0.791. The number of rotatable bonds is 44. The Kier molecular flexibility index (Phi) is 36.5. The number of unbranched alkanes of at least 4 members (excludes halogenated alkanes) is 22. The van der Waals surface area contributed by atoms with Crippen LogP contribution < -0.4 is 0 Å². The average molecular weight is 846 g/mol. The molecule has 3 atom stereocenters. The van der Waals surface area contributed by atoms with Crippen LogP contribution in [0.25, 0.3) is 0 Å². The van der Waals surface area contributed by atoms with Gasteiger partial charge in [0, 0.05) is 19.7 Å². The van der Waals surface area contributed by atoms with Crippen molar-refractivity contribution in [1.82, 2.24) is 14.5 Å². The lowest BCUT2D eigenvalue weighted by Crippen LogP contribution is -2.44. The molecule has 1 N–H and O–H groups in total. The second-order valence-electron chi connectivity index (χ2n) is 18.0. The van der Waals surface area contributed by atoms with Gasteiger partial charge in [-0.15, -0.1) is 0 Å². The van der Waals surface area contributed by atoms with Crippen molar-refractivity contribution in [2.75, 3.05) is 26.3 Å². The lowest BCUT2D eigenvalue weighted by atomic mass is 9.94. The SMILES string of the molecule is CCCCCCCCC(CCCCCC)C(=O)OCCCCCCN(CCCCCCOC(=O)C(CCCCCC)CCCCCCCC)C(Cc1cn(C)cn1)C(=O)O. The van der Waals surface area contributed by atoms with Crippen LogP contribution in [-0.2, 0) is 37.3 Å². The fourth-order valence-corrected chi connectivity index (χ4v) is 8.43. The van der Waals surface area contributed by atoms with Crippen molar-refractivity contribution in [3.05, 3.63) is 18.2 Å². The largest absolute Gasteiger partial charge is 0.480 e. The Morgan fingerprint density at radius 2 is 0.900 bits per heavy atom. The van der Waals surface area contributed by atoms with E-state index in [0.717, 1.165) is 108 Å². The molecule has 0 aromatic carbocycles. The molecule has 1 heterocycles. The minimum atomic E-state index is -0.810. The van der Waals surface area contributed by atoms with E-state index in [1.807, 2.05) is 17.8 Å². The molecule has 9 nitrogen and oxygen atoms in total. The molecular formula is C51H95N3O6. The lowest BCUT2D eigenvalue weighted by molar-refractivity contribution is -0.150. The molecule has 0 saturated carbocycles. The Morgan fingerprint density at radius 1 is 0.550 bits per heavy atom. The Hall–Kier alpha value is -2.42. The van der Waals surface area contributed by atoms with Crippen molar-refractivity contribution in [3.63, 3.8) is 0 Å². The van der Waals surface area contributed by atoms with Crippen LogP contribution in [0.4, 0.5) is 0 Å². The van der Waals surface area contributed by atoms with Crippen molar-refractivity contribution >= 4 is 17.9 Å². The Morgan fingerprint density at radius 3 is 1.27 bits per heavy atom. The minimum Gasteiger partial charge on any atom is -0.480 e. The van der Waals surface area contributed by atoms with E-state index in [9.17, 15) is 19.5 Å². The number of nitrogens with zero attached hydrogens (tertiary/aromatic N) is 3. The third-order valence-electron chi connectivity index (χ3n) is 12.3. The maximum absolute atomic E-state index is 13.1. The van der Waals surface area contributed by atoms with Gasteiger partial charge in [0.05, 0.1) is 37.1 Å². The fraction of sp³-hybridized carbons (Fsp3) is 0.882. The number of hydrogen-bond acceptors (Lipinski definition) is 7. The predicted molar refractivity (Wildman–Crippen MR) is 249 cm³/mol. The molecule has 0 fully saturated rings. The molecule has 0 saturated heterocycles. The normalized spacial score (nSPS) is 13.1. The number of carbonyl (C=O) groups excluding carboxylic acids is 2. The molecular weight excluding hydrogens is 751 g/mol. The van der Waals surface area contributed by atoms with Crippen LogP contribution >= 0.6 is 0 Å². The summed E-state index contributed by atoms with van der Waals surface area (Å²) >= 11 is 0. The van der Waals surface area contributed by atoms with Gasteiger partial charge < -0.3 is 19.1 Å². The van der Waals surface area contributed by atoms with Crippen LogP contribution in [-0.4, -0.2) is 69.8 Å². The molecule has 0 bridgehead atoms. The van der Waals surface area contributed by atoms with Crippen molar-refractivity contribution in [1.29, 1.82) is 0 Å². The van der Waals surface area contributed by atoms with Gasteiger partial charge >= 0.3 is 17.9 Å². The summed E-state index contributed by atoms with van der Waals surface area (Å²) in [7, 11) is 1.91. The first-order valence-corrected chi connectivity index (χ1v) is 25.5. The molecule has 9 heteroatoms. The molecule has 0 aliphatic carbocycles. The Labute approximate surface area is 369 Å². The van der Waals surface area contributed by atoms with Crippen molar-refractivity contribution in [3.8, 4) is 0 Å². The number of carboxylic acid groups (broad SMARTS) is 1. The van der Waals surface area contributed by atoms with Crippen LogP contribution in [0.1, 0.15) is 239 Å². The highest BCUT2D eigenvalue weighted by molar-refractivity contribution is 5.74. The molecule has 0 spiro atoms. The maximum Gasteiger partial charge on any atom is 0.321 e. The summed E-state index contributed by atoms with van der Waals surface area (Å²) in [6.07, 6.45) is 39.4. The quantitative estimate of drug-likeness (QED) is 0.0511. The number of imidazole rings is 1. The molecule has 1 aromatic rings. The average Bonchev–Trinajstić information content (AvgIpc) is 3.66. The van der Waals surface area contributed by atoms with E-state index in [0.29, 0.717) is 32.7 Å². The molecule has 0 radical (unpaired) electrons. The third-order valence-corrected chi connectivity index (χ3v) is 12.3.